The first-order valence-electron chi connectivity index (χ1n) is 7.94. The van der Waals surface area contributed by atoms with Crippen LogP contribution in [0.5, 0.6) is 5.75 Å². The van der Waals surface area contributed by atoms with Crippen LogP contribution in [-0.4, -0.2) is 34.0 Å². The fourth-order valence-corrected chi connectivity index (χ4v) is 3.68. The minimum Gasteiger partial charge on any atom is -0.497 e. The van der Waals surface area contributed by atoms with Crippen molar-refractivity contribution < 1.29 is 17.9 Å². The van der Waals surface area contributed by atoms with Gasteiger partial charge in [0.15, 0.2) is 0 Å². The topological polar surface area (TPSA) is 84.5 Å². The van der Waals surface area contributed by atoms with Crippen molar-refractivity contribution in [2.24, 2.45) is 0 Å². The van der Waals surface area contributed by atoms with Gasteiger partial charge in [-0.2, -0.15) is 0 Å². The van der Waals surface area contributed by atoms with Crippen molar-refractivity contribution in [3.63, 3.8) is 0 Å². The molecule has 1 aromatic rings. The normalized spacial score (nSPS) is 16.6. The van der Waals surface area contributed by atoms with Crippen molar-refractivity contribution in [3.8, 4) is 5.75 Å². The molecule has 1 saturated carbocycles. The Balaban J connectivity index is 1.86. The molecule has 0 unspecified atom stereocenters. The van der Waals surface area contributed by atoms with Gasteiger partial charge >= 0.3 is 0 Å². The summed E-state index contributed by atoms with van der Waals surface area (Å²) in [5, 5.41) is 2.92. The number of nitrogens with one attached hydrogen (secondary N) is 2. The maximum atomic E-state index is 12.2. The molecule has 6 nitrogen and oxygen atoms in total. The summed E-state index contributed by atoms with van der Waals surface area (Å²) >= 11 is 0. The first kappa shape index (κ1) is 17.7. The van der Waals surface area contributed by atoms with Crippen LogP contribution in [0.4, 0.5) is 0 Å². The molecule has 2 rings (SSSR count). The Morgan fingerprint density at radius 3 is 2.30 bits per heavy atom. The smallest absolute Gasteiger partial charge is 0.241 e. The van der Waals surface area contributed by atoms with E-state index in [1.54, 1.807) is 12.1 Å². The first-order valence-corrected chi connectivity index (χ1v) is 9.42. The van der Waals surface area contributed by atoms with E-state index in [9.17, 15) is 13.2 Å². The second kappa shape index (κ2) is 8.31. The molecule has 0 bridgehead atoms. The number of methoxy groups -OCH3 is 1. The van der Waals surface area contributed by atoms with Gasteiger partial charge in [0.05, 0.1) is 18.6 Å². The van der Waals surface area contributed by atoms with Crippen LogP contribution >= 0.6 is 0 Å². The number of benzene rings is 1. The van der Waals surface area contributed by atoms with E-state index in [1.165, 1.54) is 32.1 Å². The largest absolute Gasteiger partial charge is 0.497 e. The van der Waals surface area contributed by atoms with E-state index in [-0.39, 0.29) is 23.4 Å². The molecule has 0 atom stereocenters. The molecule has 0 aromatic heterocycles. The van der Waals surface area contributed by atoms with Gasteiger partial charge in [0.2, 0.25) is 15.9 Å². The molecule has 0 spiro atoms. The Bertz CT molecular complexity index is 605. The van der Waals surface area contributed by atoms with E-state index in [0.717, 1.165) is 25.7 Å². The van der Waals surface area contributed by atoms with Gasteiger partial charge in [-0.1, -0.05) is 25.7 Å². The van der Waals surface area contributed by atoms with Crippen LogP contribution in [0.25, 0.3) is 0 Å². The third-order valence-corrected chi connectivity index (χ3v) is 5.43. The molecule has 1 aromatic carbocycles. The molecular formula is C16H24N2O4S. The molecule has 0 saturated heterocycles. The van der Waals surface area contributed by atoms with Crippen LogP contribution in [0.15, 0.2) is 29.2 Å². The molecule has 2 N–H and O–H groups in total. The standard InChI is InChI=1S/C16H24N2O4S/c1-22-14-8-10-15(11-9-14)23(20,21)17-12-16(19)18-13-6-4-2-3-5-7-13/h8-11,13,17H,2-7,12H2,1H3,(H,18,19). The zero-order chi connectivity index (χ0) is 16.7. The van der Waals surface area contributed by atoms with Crippen molar-refractivity contribution in [3.05, 3.63) is 24.3 Å². The lowest BCUT2D eigenvalue weighted by Crippen LogP contribution is -2.41. The van der Waals surface area contributed by atoms with Crippen molar-refractivity contribution in [1.29, 1.82) is 0 Å². The van der Waals surface area contributed by atoms with E-state index < -0.39 is 10.0 Å². The highest BCUT2D eigenvalue weighted by atomic mass is 32.2. The summed E-state index contributed by atoms with van der Waals surface area (Å²) in [5.41, 5.74) is 0. The SMILES string of the molecule is COc1ccc(S(=O)(=O)NCC(=O)NC2CCCCCC2)cc1. The Morgan fingerprint density at radius 2 is 1.74 bits per heavy atom. The Hall–Kier alpha value is -1.60. The van der Waals surface area contributed by atoms with Crippen molar-refractivity contribution in [2.75, 3.05) is 13.7 Å². The van der Waals surface area contributed by atoms with Crippen molar-refractivity contribution >= 4 is 15.9 Å². The average Bonchev–Trinajstić information content (AvgIpc) is 2.82. The molecule has 0 radical (unpaired) electrons. The fraction of sp³-hybridized carbons (Fsp3) is 0.562. The lowest BCUT2D eigenvalue weighted by Gasteiger charge is -2.16. The summed E-state index contributed by atoms with van der Waals surface area (Å²) in [6.45, 7) is -0.245. The van der Waals surface area contributed by atoms with Gasteiger partial charge in [-0.05, 0) is 37.1 Å². The van der Waals surface area contributed by atoms with Gasteiger partial charge in [-0.15, -0.1) is 0 Å². The third kappa shape index (κ3) is 5.51. The molecule has 23 heavy (non-hydrogen) atoms. The van der Waals surface area contributed by atoms with Gasteiger partial charge < -0.3 is 10.1 Å². The number of carbonyl (C=O) groups is 1. The third-order valence-electron chi connectivity index (χ3n) is 4.01. The predicted octanol–water partition coefficient (Wildman–Crippen LogP) is 1.81. The van der Waals surface area contributed by atoms with Crippen LogP contribution < -0.4 is 14.8 Å². The van der Waals surface area contributed by atoms with Gasteiger partial charge in [0, 0.05) is 6.04 Å². The van der Waals surface area contributed by atoms with Crippen LogP contribution in [0, 0.1) is 0 Å². The molecule has 1 aliphatic rings. The molecule has 0 aliphatic heterocycles. The highest BCUT2D eigenvalue weighted by Crippen LogP contribution is 2.17. The molecular weight excluding hydrogens is 316 g/mol. The molecule has 128 valence electrons. The number of hydrogen-bond acceptors (Lipinski definition) is 4. The van der Waals surface area contributed by atoms with E-state index in [0.29, 0.717) is 5.75 Å². The maximum absolute atomic E-state index is 12.2. The number of rotatable bonds is 6. The summed E-state index contributed by atoms with van der Waals surface area (Å²) in [7, 11) is -2.18. The number of carbonyl (C=O) groups excluding carboxylic acids is 1. The fourth-order valence-electron chi connectivity index (χ4n) is 2.70. The molecule has 1 aliphatic carbocycles. The zero-order valence-electron chi connectivity index (χ0n) is 13.4. The first-order chi connectivity index (χ1) is 11.0. The summed E-state index contributed by atoms with van der Waals surface area (Å²) in [5.74, 6) is 0.295. The van der Waals surface area contributed by atoms with Gasteiger partial charge in [0.1, 0.15) is 5.75 Å². The van der Waals surface area contributed by atoms with Crippen molar-refractivity contribution in [1.82, 2.24) is 10.0 Å². The second-order valence-corrected chi connectivity index (χ2v) is 7.52. The van der Waals surface area contributed by atoms with Gasteiger partial charge in [-0.3, -0.25) is 4.79 Å². The van der Waals surface area contributed by atoms with Crippen LogP contribution in [0.1, 0.15) is 38.5 Å². The molecule has 7 heteroatoms. The number of hydrogen-bond donors (Lipinski definition) is 2. The summed E-state index contributed by atoms with van der Waals surface area (Å²) < 4.78 is 31.6. The van der Waals surface area contributed by atoms with Crippen LogP contribution in [0.3, 0.4) is 0 Å². The highest BCUT2D eigenvalue weighted by Gasteiger charge is 2.18. The minimum atomic E-state index is -3.69. The van der Waals surface area contributed by atoms with E-state index in [1.807, 2.05) is 0 Å². The Kier molecular flexibility index (Phi) is 6.41. The summed E-state index contributed by atoms with van der Waals surface area (Å²) in [6, 6.07) is 6.20. The second-order valence-electron chi connectivity index (χ2n) is 5.76. The van der Waals surface area contributed by atoms with E-state index >= 15 is 0 Å². The lowest BCUT2D eigenvalue weighted by molar-refractivity contribution is -0.120. The lowest BCUT2D eigenvalue weighted by atomic mass is 10.1. The van der Waals surface area contributed by atoms with Crippen molar-refractivity contribution in [2.45, 2.75) is 49.5 Å². The van der Waals surface area contributed by atoms with Crippen LogP contribution in [-0.2, 0) is 14.8 Å². The highest BCUT2D eigenvalue weighted by molar-refractivity contribution is 7.89. The van der Waals surface area contributed by atoms with E-state index in [2.05, 4.69) is 10.0 Å². The average molecular weight is 340 g/mol. The molecule has 0 heterocycles. The molecule has 1 fully saturated rings. The van der Waals surface area contributed by atoms with Crippen LogP contribution in [0.2, 0.25) is 0 Å². The number of ether oxygens (including phenoxy) is 1. The summed E-state index contributed by atoms with van der Waals surface area (Å²) in [4.78, 5) is 12.1. The zero-order valence-corrected chi connectivity index (χ0v) is 14.2. The predicted molar refractivity (Wildman–Crippen MR) is 87.8 cm³/mol. The number of amides is 1. The Labute approximate surface area is 137 Å². The van der Waals surface area contributed by atoms with Gasteiger partial charge in [-0.25, -0.2) is 13.1 Å². The quantitative estimate of drug-likeness (QED) is 0.774. The van der Waals surface area contributed by atoms with E-state index in [4.69, 9.17) is 4.74 Å². The Morgan fingerprint density at radius 1 is 1.13 bits per heavy atom. The number of sulfonamides is 1. The minimum absolute atomic E-state index is 0.112. The molecule has 1 amide bonds. The summed E-state index contributed by atoms with van der Waals surface area (Å²) in [6.07, 6.45) is 6.58. The maximum Gasteiger partial charge on any atom is 0.241 e. The van der Waals surface area contributed by atoms with Gasteiger partial charge in [0.25, 0.3) is 0 Å². The monoisotopic (exact) mass is 340 g/mol.